The molecular weight excluding hydrogens is 1100 g/mol. The molecule has 88 heavy (non-hydrogen) atoms. The lowest BCUT2D eigenvalue weighted by Crippen LogP contribution is -2.61. The maximum atomic E-state index is 13.5. The Bertz CT molecular complexity index is 1850. The predicted octanol–water partition coefficient (Wildman–Crippen LogP) is 18.8. The van der Waals surface area contributed by atoms with Gasteiger partial charge in [-0.15, -0.1) is 0 Å². The predicted molar refractivity (Wildman–Crippen MR) is 370 cm³/mol. The van der Waals surface area contributed by atoms with E-state index >= 15 is 0 Å². The summed E-state index contributed by atoms with van der Waals surface area (Å²) in [6.45, 7) is 5.66. The van der Waals surface area contributed by atoms with Crippen molar-refractivity contribution in [3.05, 3.63) is 109 Å². The molecule has 1 heterocycles. The Labute approximate surface area is 538 Å². The molecular formula is C77H133NO10. The normalized spacial score (nSPS) is 18.8. The van der Waals surface area contributed by atoms with Crippen LogP contribution in [-0.2, 0) is 23.8 Å². The van der Waals surface area contributed by atoms with Crippen LogP contribution in [0.4, 0.5) is 0 Å². The molecule has 0 saturated carbocycles. The molecule has 1 saturated heterocycles. The van der Waals surface area contributed by atoms with Crippen LogP contribution in [0.3, 0.4) is 0 Å². The summed E-state index contributed by atoms with van der Waals surface area (Å²) in [4.78, 5) is 26.7. The Hall–Kier alpha value is -3.68. The van der Waals surface area contributed by atoms with Gasteiger partial charge in [0.2, 0.25) is 5.91 Å². The maximum Gasteiger partial charge on any atom is 0.306 e. The molecule has 0 spiro atoms. The molecule has 1 amide bonds. The van der Waals surface area contributed by atoms with Crippen molar-refractivity contribution >= 4 is 11.9 Å². The number of amides is 1. The van der Waals surface area contributed by atoms with Gasteiger partial charge in [-0.3, -0.25) is 9.59 Å². The van der Waals surface area contributed by atoms with E-state index in [1.54, 1.807) is 6.08 Å². The van der Waals surface area contributed by atoms with E-state index in [9.17, 15) is 35.1 Å². The van der Waals surface area contributed by atoms with Crippen molar-refractivity contribution in [2.24, 2.45) is 0 Å². The number of carbonyl (C=O) groups excluding carboxylic acids is 2. The number of nitrogens with one attached hydrogen (secondary N) is 1. The van der Waals surface area contributed by atoms with Crippen LogP contribution in [0.1, 0.15) is 303 Å². The second-order valence-corrected chi connectivity index (χ2v) is 24.6. The number of hydrogen-bond donors (Lipinski definition) is 6. The quantitative estimate of drug-likeness (QED) is 0.0195. The highest BCUT2D eigenvalue weighted by molar-refractivity contribution is 5.80. The van der Waals surface area contributed by atoms with Gasteiger partial charge >= 0.3 is 5.97 Å². The van der Waals surface area contributed by atoms with Crippen molar-refractivity contribution in [3.63, 3.8) is 0 Å². The van der Waals surface area contributed by atoms with Gasteiger partial charge in [0.1, 0.15) is 24.4 Å². The minimum Gasteiger partial charge on any atom is -0.454 e. The zero-order chi connectivity index (χ0) is 63.9. The third-order valence-corrected chi connectivity index (χ3v) is 16.4. The molecule has 8 atom stereocenters. The molecule has 6 N–H and O–H groups in total. The van der Waals surface area contributed by atoms with Crippen LogP contribution in [-0.4, -0.2) is 99.6 Å². The average Bonchev–Trinajstić information content (AvgIpc) is 2.54. The average molecular weight is 1230 g/mol. The van der Waals surface area contributed by atoms with E-state index in [0.717, 1.165) is 122 Å². The first-order valence-corrected chi connectivity index (χ1v) is 36.2. The zero-order valence-corrected chi connectivity index (χ0v) is 56.3. The second-order valence-electron chi connectivity index (χ2n) is 24.6. The minimum absolute atomic E-state index is 0.115. The van der Waals surface area contributed by atoms with Gasteiger partial charge in [0.25, 0.3) is 0 Å². The molecule has 11 nitrogen and oxygen atoms in total. The van der Waals surface area contributed by atoms with Crippen molar-refractivity contribution in [1.82, 2.24) is 5.32 Å². The lowest BCUT2D eigenvalue weighted by atomic mass is 9.99. The highest BCUT2D eigenvalue weighted by Crippen LogP contribution is 2.26. The van der Waals surface area contributed by atoms with E-state index < -0.39 is 67.4 Å². The third kappa shape index (κ3) is 50.0. The van der Waals surface area contributed by atoms with E-state index in [1.165, 1.54) is 135 Å². The number of unbranched alkanes of at least 4 members (excludes halogenated alkanes) is 31. The SMILES string of the molecule is CC/C=C\C/C=C\C/C=C\C/C=C\C/C=C\CCCCCCCCC(O)C(=O)NC(COC1OC(CO)C(O)C(O)C1OC(=O)CCCCCCCCCCCCCC/C=C\C/C=C\C/C=C\CCCCC)C(O)/C=C/CCCCCCCCCCCC. The lowest BCUT2D eigenvalue weighted by Gasteiger charge is -2.41. The summed E-state index contributed by atoms with van der Waals surface area (Å²) in [5.74, 6) is -1.21. The van der Waals surface area contributed by atoms with Crippen molar-refractivity contribution in [1.29, 1.82) is 0 Å². The van der Waals surface area contributed by atoms with Gasteiger partial charge < -0.3 is 45.1 Å². The number of carbonyl (C=O) groups is 2. The van der Waals surface area contributed by atoms with Crippen LogP contribution >= 0.6 is 0 Å². The number of esters is 1. The highest BCUT2D eigenvalue weighted by atomic mass is 16.7. The van der Waals surface area contributed by atoms with Gasteiger partial charge in [0, 0.05) is 6.42 Å². The number of allylic oxidation sites excluding steroid dienone is 17. The van der Waals surface area contributed by atoms with E-state index in [1.807, 2.05) is 6.08 Å². The van der Waals surface area contributed by atoms with Gasteiger partial charge in [-0.25, -0.2) is 0 Å². The summed E-state index contributed by atoms with van der Waals surface area (Å²) >= 11 is 0. The largest absolute Gasteiger partial charge is 0.454 e. The summed E-state index contributed by atoms with van der Waals surface area (Å²) in [5.41, 5.74) is 0. The fourth-order valence-corrected chi connectivity index (χ4v) is 10.7. The molecule has 1 aliphatic rings. The van der Waals surface area contributed by atoms with E-state index in [-0.39, 0.29) is 19.4 Å². The zero-order valence-electron chi connectivity index (χ0n) is 56.3. The molecule has 1 rings (SSSR count). The van der Waals surface area contributed by atoms with Gasteiger partial charge in [0.15, 0.2) is 12.4 Å². The van der Waals surface area contributed by atoms with Crippen molar-refractivity contribution in [3.8, 4) is 0 Å². The van der Waals surface area contributed by atoms with Crippen LogP contribution in [0, 0.1) is 0 Å². The van der Waals surface area contributed by atoms with Crippen LogP contribution in [0.15, 0.2) is 109 Å². The Morgan fingerprint density at radius 1 is 0.455 bits per heavy atom. The smallest absolute Gasteiger partial charge is 0.306 e. The van der Waals surface area contributed by atoms with Crippen molar-refractivity contribution in [2.45, 2.75) is 352 Å². The van der Waals surface area contributed by atoms with Gasteiger partial charge in [-0.1, -0.05) is 297 Å². The molecule has 506 valence electrons. The molecule has 0 aromatic heterocycles. The Kier molecular flexibility index (Phi) is 59.4. The first-order chi connectivity index (χ1) is 43.2. The molecule has 1 fully saturated rings. The standard InChI is InChI=1S/C77H133NO10/c1-4-7-10-13-16-19-22-25-27-29-31-33-35-36-37-39-41-43-45-47-50-53-56-59-62-65-72(82)88-75-74(84)73(83)71(66-79)87-77(75)86-67-68(69(80)63-60-57-54-51-48-24-21-18-15-12-9-6-3)78-76(85)70(81)64-61-58-55-52-49-46-44-42-40-38-34-32-30-28-26-23-20-17-14-11-8-5-2/h8,11,16-17,19-20,25-28,31-34,40,42,60,63,68-71,73-75,77,79-81,83-84H,4-7,9-10,12-15,18,21-24,29-30,35-39,41,43-59,61-62,64-67H2,1-3H3,(H,78,85)/b11-8-,19-16-,20-17-,27-25-,28-26-,33-31-,34-32-,42-40-,63-60+. The summed E-state index contributed by atoms with van der Waals surface area (Å²) in [5, 5.41) is 57.3. The van der Waals surface area contributed by atoms with Crippen LogP contribution in [0.25, 0.3) is 0 Å². The Balaban J connectivity index is 2.58. The molecule has 1 aliphatic heterocycles. The van der Waals surface area contributed by atoms with Crippen LogP contribution in [0.2, 0.25) is 0 Å². The molecule has 11 heteroatoms. The Morgan fingerprint density at radius 3 is 1.25 bits per heavy atom. The number of hydrogen-bond acceptors (Lipinski definition) is 10. The monoisotopic (exact) mass is 1230 g/mol. The second kappa shape index (κ2) is 63.5. The fourth-order valence-electron chi connectivity index (χ4n) is 10.7. The molecule has 8 unspecified atom stereocenters. The number of aliphatic hydroxyl groups excluding tert-OH is 5. The fraction of sp³-hybridized carbons (Fsp3) is 0.740. The molecule has 0 radical (unpaired) electrons. The number of aliphatic hydroxyl groups is 5. The van der Waals surface area contributed by atoms with Crippen LogP contribution in [0.5, 0.6) is 0 Å². The van der Waals surface area contributed by atoms with E-state index in [2.05, 4.69) is 123 Å². The van der Waals surface area contributed by atoms with E-state index in [4.69, 9.17) is 14.2 Å². The summed E-state index contributed by atoms with van der Waals surface area (Å²) in [7, 11) is 0. The maximum absolute atomic E-state index is 13.5. The van der Waals surface area contributed by atoms with Gasteiger partial charge in [0.05, 0.1) is 25.4 Å². The minimum atomic E-state index is -1.62. The summed E-state index contributed by atoms with van der Waals surface area (Å²) < 4.78 is 17.7. The van der Waals surface area contributed by atoms with Crippen LogP contribution < -0.4 is 5.32 Å². The molecule has 0 aliphatic carbocycles. The van der Waals surface area contributed by atoms with Crippen molar-refractivity contribution in [2.75, 3.05) is 13.2 Å². The summed E-state index contributed by atoms with van der Waals surface area (Å²) in [6.07, 6.45) is 76.9. The number of ether oxygens (including phenoxy) is 3. The topological polar surface area (TPSA) is 175 Å². The van der Waals surface area contributed by atoms with Crippen molar-refractivity contribution < 1.29 is 49.3 Å². The van der Waals surface area contributed by atoms with Gasteiger partial charge in [-0.2, -0.15) is 0 Å². The summed E-state index contributed by atoms with van der Waals surface area (Å²) in [6, 6.07) is -1.04. The molecule has 0 aromatic carbocycles. The van der Waals surface area contributed by atoms with E-state index in [0.29, 0.717) is 12.8 Å². The Morgan fingerprint density at radius 2 is 0.818 bits per heavy atom. The first-order valence-electron chi connectivity index (χ1n) is 36.2. The van der Waals surface area contributed by atoms with Gasteiger partial charge in [-0.05, 0) is 109 Å². The first kappa shape index (κ1) is 82.3. The third-order valence-electron chi connectivity index (χ3n) is 16.4. The molecule has 0 aromatic rings. The number of rotatable bonds is 61. The highest BCUT2D eigenvalue weighted by Gasteiger charge is 2.47. The molecule has 0 bridgehead atoms. The lowest BCUT2D eigenvalue weighted by molar-refractivity contribution is -0.305.